The summed E-state index contributed by atoms with van der Waals surface area (Å²) in [5.74, 6) is 0. The topological polar surface area (TPSA) is 27.8 Å². The van der Waals surface area contributed by atoms with E-state index in [-0.39, 0.29) is 0 Å². The summed E-state index contributed by atoms with van der Waals surface area (Å²) in [6.07, 6.45) is 1.97. The van der Waals surface area contributed by atoms with Gasteiger partial charge < -0.3 is 10.3 Å². The Kier molecular flexibility index (Phi) is 3.23. The van der Waals surface area contributed by atoms with E-state index in [1.165, 1.54) is 16.5 Å². The predicted octanol–water partition coefficient (Wildman–Crippen LogP) is 3.17. The van der Waals surface area contributed by atoms with Crippen LogP contribution in [0.1, 0.15) is 5.56 Å². The van der Waals surface area contributed by atoms with Crippen molar-refractivity contribution >= 4 is 26.8 Å². The molecule has 0 bridgehead atoms. The van der Waals surface area contributed by atoms with Crippen molar-refractivity contribution < 1.29 is 0 Å². The normalized spacial score (nSPS) is 10.7. The van der Waals surface area contributed by atoms with Gasteiger partial charge in [-0.3, -0.25) is 0 Å². The molecule has 2 N–H and O–H groups in total. The first kappa shape index (κ1) is 10.5. The first-order valence-corrected chi connectivity index (χ1v) is 5.65. The molecular formula is C12H13BrN2. The molecule has 0 saturated carbocycles. The zero-order valence-electron chi connectivity index (χ0n) is 8.39. The van der Waals surface area contributed by atoms with Crippen molar-refractivity contribution in [3.05, 3.63) is 47.1 Å². The quantitative estimate of drug-likeness (QED) is 0.873. The number of aromatic amines is 1. The summed E-state index contributed by atoms with van der Waals surface area (Å²) in [6.45, 7) is 5.44. The van der Waals surface area contributed by atoms with E-state index in [0.717, 1.165) is 17.6 Å². The van der Waals surface area contributed by atoms with Gasteiger partial charge in [0, 0.05) is 34.7 Å². The molecule has 15 heavy (non-hydrogen) atoms. The molecule has 1 aromatic heterocycles. The smallest absolute Gasteiger partial charge is 0.0457 e. The number of nitrogens with one attached hydrogen (secondary N) is 2. The molecule has 2 aromatic rings. The molecule has 0 atom stereocenters. The zero-order valence-corrected chi connectivity index (χ0v) is 9.97. The molecule has 0 amide bonds. The van der Waals surface area contributed by atoms with Crippen LogP contribution in [0.4, 0.5) is 0 Å². The van der Waals surface area contributed by atoms with Crippen molar-refractivity contribution in [3.63, 3.8) is 0 Å². The molecular weight excluding hydrogens is 252 g/mol. The number of aromatic nitrogens is 1. The largest absolute Gasteiger partial charge is 0.361 e. The van der Waals surface area contributed by atoms with Gasteiger partial charge >= 0.3 is 0 Å². The average Bonchev–Trinajstić information content (AvgIpc) is 2.65. The lowest BCUT2D eigenvalue weighted by Gasteiger charge is -2.05. The number of fused-ring (bicyclic) bond motifs is 1. The molecule has 0 fully saturated rings. The highest BCUT2D eigenvalue weighted by molar-refractivity contribution is 9.11. The Hall–Kier alpha value is -1.06. The third-order valence-electron chi connectivity index (χ3n) is 2.32. The Labute approximate surface area is 97.5 Å². The van der Waals surface area contributed by atoms with Gasteiger partial charge in [-0.15, -0.1) is 0 Å². The van der Waals surface area contributed by atoms with Gasteiger partial charge in [0.25, 0.3) is 0 Å². The monoisotopic (exact) mass is 264 g/mol. The fourth-order valence-corrected chi connectivity index (χ4v) is 1.84. The van der Waals surface area contributed by atoms with Crippen LogP contribution in [0.25, 0.3) is 10.9 Å². The van der Waals surface area contributed by atoms with E-state index in [4.69, 9.17) is 0 Å². The van der Waals surface area contributed by atoms with Crippen molar-refractivity contribution in [2.75, 3.05) is 6.54 Å². The lowest BCUT2D eigenvalue weighted by molar-refractivity contribution is 0.761. The molecule has 1 aromatic carbocycles. The molecule has 0 saturated heterocycles. The SMILES string of the molecule is C=C(Br)CNCc1cccc2[nH]ccc12. The molecule has 78 valence electrons. The molecule has 0 aliphatic heterocycles. The van der Waals surface area contributed by atoms with E-state index >= 15 is 0 Å². The third-order valence-corrected chi connectivity index (χ3v) is 2.60. The van der Waals surface area contributed by atoms with Crippen molar-refractivity contribution in [1.29, 1.82) is 0 Å². The second kappa shape index (κ2) is 4.64. The number of H-pyrrole nitrogens is 1. The van der Waals surface area contributed by atoms with Crippen LogP contribution in [0.2, 0.25) is 0 Å². The minimum Gasteiger partial charge on any atom is -0.361 e. The van der Waals surface area contributed by atoms with E-state index in [2.05, 4.69) is 57.1 Å². The van der Waals surface area contributed by atoms with Crippen LogP contribution in [-0.4, -0.2) is 11.5 Å². The summed E-state index contributed by atoms with van der Waals surface area (Å²) < 4.78 is 0.976. The standard InChI is InChI=1S/C12H13BrN2/c1-9(13)7-14-8-10-3-2-4-12-11(10)5-6-15-12/h2-6,14-15H,1,7-8H2. The maximum atomic E-state index is 3.79. The van der Waals surface area contributed by atoms with Crippen LogP contribution in [0.15, 0.2) is 41.5 Å². The Morgan fingerprint density at radius 3 is 3.07 bits per heavy atom. The highest BCUT2D eigenvalue weighted by atomic mass is 79.9. The van der Waals surface area contributed by atoms with E-state index in [1.54, 1.807) is 0 Å². The van der Waals surface area contributed by atoms with Crippen LogP contribution >= 0.6 is 15.9 Å². The summed E-state index contributed by atoms with van der Waals surface area (Å²) in [7, 11) is 0. The minimum absolute atomic E-state index is 0.792. The molecule has 0 aliphatic carbocycles. The number of benzene rings is 1. The molecule has 2 rings (SSSR count). The lowest BCUT2D eigenvalue weighted by Crippen LogP contribution is -2.14. The van der Waals surface area contributed by atoms with Crippen molar-refractivity contribution in [2.45, 2.75) is 6.54 Å². The fraction of sp³-hybridized carbons (Fsp3) is 0.167. The van der Waals surface area contributed by atoms with Crippen molar-refractivity contribution in [1.82, 2.24) is 10.3 Å². The van der Waals surface area contributed by atoms with Gasteiger partial charge in [-0.2, -0.15) is 0 Å². The second-order valence-electron chi connectivity index (χ2n) is 3.48. The summed E-state index contributed by atoms with van der Waals surface area (Å²) in [5, 5.41) is 4.61. The second-order valence-corrected chi connectivity index (χ2v) is 4.60. The summed E-state index contributed by atoms with van der Waals surface area (Å²) in [4.78, 5) is 3.20. The highest BCUT2D eigenvalue weighted by Crippen LogP contribution is 2.17. The van der Waals surface area contributed by atoms with Crippen molar-refractivity contribution in [2.24, 2.45) is 0 Å². The van der Waals surface area contributed by atoms with Crippen LogP contribution in [0, 0.1) is 0 Å². The Morgan fingerprint density at radius 1 is 1.40 bits per heavy atom. The first-order chi connectivity index (χ1) is 7.27. The van der Waals surface area contributed by atoms with Crippen LogP contribution < -0.4 is 5.32 Å². The van der Waals surface area contributed by atoms with Gasteiger partial charge in [0.05, 0.1) is 0 Å². The van der Waals surface area contributed by atoms with Gasteiger partial charge in [0.2, 0.25) is 0 Å². The number of hydrogen-bond acceptors (Lipinski definition) is 1. The summed E-state index contributed by atoms with van der Waals surface area (Å²) in [6, 6.07) is 8.40. The van der Waals surface area contributed by atoms with E-state index in [0.29, 0.717) is 0 Å². The summed E-state index contributed by atoms with van der Waals surface area (Å²) >= 11 is 3.33. The van der Waals surface area contributed by atoms with Crippen LogP contribution in [-0.2, 0) is 6.54 Å². The van der Waals surface area contributed by atoms with E-state index < -0.39 is 0 Å². The maximum Gasteiger partial charge on any atom is 0.0457 e. The molecule has 2 nitrogen and oxygen atoms in total. The fourth-order valence-electron chi connectivity index (χ4n) is 1.64. The van der Waals surface area contributed by atoms with Crippen LogP contribution in [0.3, 0.4) is 0 Å². The molecule has 0 spiro atoms. The Morgan fingerprint density at radius 2 is 2.27 bits per heavy atom. The van der Waals surface area contributed by atoms with Crippen LogP contribution in [0.5, 0.6) is 0 Å². The zero-order chi connectivity index (χ0) is 10.7. The number of rotatable bonds is 4. The lowest BCUT2D eigenvalue weighted by atomic mass is 10.1. The molecule has 0 radical (unpaired) electrons. The van der Waals surface area contributed by atoms with Gasteiger partial charge in [0.15, 0.2) is 0 Å². The predicted molar refractivity (Wildman–Crippen MR) is 68.1 cm³/mol. The number of halogens is 1. The third kappa shape index (κ3) is 2.49. The summed E-state index contributed by atoms with van der Waals surface area (Å²) in [5.41, 5.74) is 2.49. The van der Waals surface area contributed by atoms with E-state index in [1.807, 2.05) is 6.20 Å². The number of hydrogen-bond donors (Lipinski definition) is 2. The average molecular weight is 265 g/mol. The molecule has 0 unspecified atom stereocenters. The molecule has 0 aliphatic rings. The maximum absolute atomic E-state index is 3.79. The van der Waals surface area contributed by atoms with E-state index in [9.17, 15) is 0 Å². The Bertz CT molecular complexity index is 473. The molecule has 3 heteroatoms. The Balaban J connectivity index is 2.13. The van der Waals surface area contributed by atoms with Gasteiger partial charge in [-0.1, -0.05) is 34.6 Å². The first-order valence-electron chi connectivity index (χ1n) is 4.86. The van der Waals surface area contributed by atoms with Crippen molar-refractivity contribution in [3.8, 4) is 0 Å². The van der Waals surface area contributed by atoms with Gasteiger partial charge in [0.1, 0.15) is 0 Å². The molecule has 1 heterocycles. The van der Waals surface area contributed by atoms with Gasteiger partial charge in [-0.25, -0.2) is 0 Å². The highest BCUT2D eigenvalue weighted by Gasteiger charge is 2.00. The van der Waals surface area contributed by atoms with Gasteiger partial charge in [-0.05, 0) is 17.7 Å². The minimum atomic E-state index is 0.792.